The van der Waals surface area contributed by atoms with Gasteiger partial charge in [0.15, 0.2) is 0 Å². The molecule has 1 aromatic carbocycles. The summed E-state index contributed by atoms with van der Waals surface area (Å²) in [5, 5.41) is 3.15. The Morgan fingerprint density at radius 1 is 1.12 bits per heavy atom. The van der Waals surface area contributed by atoms with E-state index in [-0.39, 0.29) is 5.97 Å². The highest BCUT2D eigenvalue weighted by molar-refractivity contribution is 5.82. The predicted molar refractivity (Wildman–Crippen MR) is 108 cm³/mol. The third-order valence-electron chi connectivity index (χ3n) is 3.08. The van der Waals surface area contributed by atoms with Crippen molar-refractivity contribution in [2.45, 2.75) is 48.1 Å². The summed E-state index contributed by atoms with van der Waals surface area (Å²) in [5.41, 5.74) is 1.90. The molecule has 0 saturated heterocycles. The molecule has 0 heterocycles. The molecule has 0 aliphatic rings. The first-order chi connectivity index (χ1) is 12.5. The van der Waals surface area contributed by atoms with Gasteiger partial charge in [-0.2, -0.15) is 0 Å². The van der Waals surface area contributed by atoms with Crippen molar-refractivity contribution in [3.8, 4) is 5.75 Å². The Kier molecular flexibility index (Phi) is 17.3. The molecule has 0 saturated carbocycles. The average Bonchev–Trinajstić information content (AvgIpc) is 2.68. The van der Waals surface area contributed by atoms with Gasteiger partial charge in [-0.05, 0) is 45.4 Å². The van der Waals surface area contributed by atoms with Crippen molar-refractivity contribution in [1.82, 2.24) is 5.32 Å². The average molecular weight is 366 g/mol. The summed E-state index contributed by atoms with van der Waals surface area (Å²) < 4.78 is 14.7. The molecular formula is C21H35NO4. The van der Waals surface area contributed by atoms with Crippen LogP contribution in [0.4, 0.5) is 0 Å². The smallest absolute Gasteiger partial charge is 0.332 e. The van der Waals surface area contributed by atoms with E-state index in [1.165, 1.54) is 6.08 Å². The maximum absolute atomic E-state index is 11.2. The van der Waals surface area contributed by atoms with Crippen molar-refractivity contribution in [3.05, 3.63) is 53.4 Å². The van der Waals surface area contributed by atoms with Crippen LogP contribution >= 0.6 is 0 Å². The second-order valence-electron chi connectivity index (χ2n) is 4.88. The van der Waals surface area contributed by atoms with Gasteiger partial charge in [-0.25, -0.2) is 4.79 Å². The number of rotatable bonds is 7. The molecule has 0 fully saturated rings. The van der Waals surface area contributed by atoms with Gasteiger partial charge in [0, 0.05) is 18.3 Å². The summed E-state index contributed by atoms with van der Waals surface area (Å²) in [7, 11) is 3.30. The predicted octanol–water partition coefficient (Wildman–Crippen LogP) is 4.83. The number of methoxy groups -OCH3 is 2. The van der Waals surface area contributed by atoms with Gasteiger partial charge in [-0.1, -0.05) is 32.1 Å². The molecule has 0 aliphatic heterocycles. The van der Waals surface area contributed by atoms with Crippen LogP contribution in [0.2, 0.25) is 0 Å². The molecule has 0 spiro atoms. The zero-order chi connectivity index (χ0) is 20.4. The number of hydrogen-bond acceptors (Lipinski definition) is 5. The molecule has 26 heavy (non-hydrogen) atoms. The fourth-order valence-corrected chi connectivity index (χ4v) is 1.51. The highest BCUT2D eigenvalue weighted by atomic mass is 16.5. The van der Waals surface area contributed by atoms with E-state index in [0.29, 0.717) is 13.2 Å². The van der Waals surface area contributed by atoms with Crippen LogP contribution in [0, 0.1) is 0 Å². The van der Waals surface area contributed by atoms with Gasteiger partial charge < -0.3 is 19.5 Å². The Morgan fingerprint density at radius 3 is 2.08 bits per heavy atom. The SMILES string of the molecule is C/C=C(\C)OC.CC.CCOC(=O)/C=C(/C)NCc1ccc(OC)cc1. The third kappa shape index (κ3) is 14.0. The zero-order valence-electron chi connectivity index (χ0n) is 17.5. The number of allylic oxidation sites excluding steroid dienone is 3. The largest absolute Gasteiger partial charge is 0.502 e. The Bertz CT molecular complexity index is 533. The second-order valence-corrected chi connectivity index (χ2v) is 4.88. The summed E-state index contributed by atoms with van der Waals surface area (Å²) >= 11 is 0. The number of esters is 1. The molecule has 1 rings (SSSR count). The van der Waals surface area contributed by atoms with Crippen LogP contribution < -0.4 is 10.1 Å². The number of carbonyl (C=O) groups is 1. The third-order valence-corrected chi connectivity index (χ3v) is 3.08. The molecule has 1 N–H and O–H groups in total. The van der Waals surface area contributed by atoms with Gasteiger partial charge in [-0.15, -0.1) is 0 Å². The molecule has 0 aliphatic carbocycles. The van der Waals surface area contributed by atoms with Crippen molar-refractivity contribution < 1.29 is 19.0 Å². The van der Waals surface area contributed by atoms with Gasteiger partial charge in [0.1, 0.15) is 5.75 Å². The van der Waals surface area contributed by atoms with Crippen LogP contribution in [-0.2, 0) is 20.8 Å². The van der Waals surface area contributed by atoms with Crippen molar-refractivity contribution >= 4 is 5.97 Å². The van der Waals surface area contributed by atoms with E-state index in [1.807, 2.05) is 65.0 Å². The molecule has 0 atom stereocenters. The molecule has 0 aromatic heterocycles. The Balaban J connectivity index is 0. The Labute approximate surface area is 159 Å². The van der Waals surface area contributed by atoms with Crippen LogP contribution in [0.25, 0.3) is 0 Å². The fraction of sp³-hybridized carbons (Fsp3) is 0.476. The number of hydrogen-bond donors (Lipinski definition) is 1. The lowest BCUT2D eigenvalue weighted by atomic mass is 10.2. The quantitative estimate of drug-likeness (QED) is 0.426. The van der Waals surface area contributed by atoms with Crippen LogP contribution in [0.1, 0.15) is 47.1 Å². The molecule has 0 radical (unpaired) electrons. The van der Waals surface area contributed by atoms with E-state index in [9.17, 15) is 4.79 Å². The molecule has 0 unspecified atom stereocenters. The summed E-state index contributed by atoms with van der Waals surface area (Å²) in [6.45, 7) is 12.5. The fourth-order valence-electron chi connectivity index (χ4n) is 1.51. The van der Waals surface area contributed by atoms with Gasteiger partial charge in [0.2, 0.25) is 0 Å². The number of ether oxygens (including phenoxy) is 3. The summed E-state index contributed by atoms with van der Waals surface area (Å²) in [6, 6.07) is 7.76. The molecule has 148 valence electrons. The van der Waals surface area contributed by atoms with Gasteiger partial charge in [0.05, 0.1) is 26.6 Å². The van der Waals surface area contributed by atoms with Crippen LogP contribution in [0.5, 0.6) is 5.75 Å². The van der Waals surface area contributed by atoms with Crippen LogP contribution in [0.3, 0.4) is 0 Å². The maximum atomic E-state index is 11.2. The second kappa shape index (κ2) is 17.4. The molecule has 0 amide bonds. The van der Waals surface area contributed by atoms with Gasteiger partial charge in [-0.3, -0.25) is 0 Å². The molecule has 0 bridgehead atoms. The minimum atomic E-state index is -0.322. The topological polar surface area (TPSA) is 56.8 Å². The van der Waals surface area contributed by atoms with Crippen LogP contribution in [0.15, 0.2) is 47.9 Å². The lowest BCUT2D eigenvalue weighted by Crippen LogP contribution is -2.12. The first-order valence-corrected chi connectivity index (χ1v) is 8.85. The molecule has 5 nitrogen and oxygen atoms in total. The van der Waals surface area contributed by atoms with Crippen molar-refractivity contribution in [1.29, 1.82) is 0 Å². The maximum Gasteiger partial charge on any atom is 0.332 e. The first-order valence-electron chi connectivity index (χ1n) is 8.85. The van der Waals surface area contributed by atoms with Gasteiger partial charge in [0.25, 0.3) is 0 Å². The Hall–Kier alpha value is -2.43. The van der Waals surface area contributed by atoms with E-state index in [4.69, 9.17) is 14.2 Å². The minimum Gasteiger partial charge on any atom is -0.502 e. The normalized spacial score (nSPS) is 10.5. The molecular weight excluding hydrogens is 330 g/mol. The van der Waals surface area contributed by atoms with E-state index >= 15 is 0 Å². The van der Waals surface area contributed by atoms with Crippen molar-refractivity contribution in [2.24, 2.45) is 0 Å². The van der Waals surface area contributed by atoms with E-state index in [2.05, 4.69) is 5.32 Å². The van der Waals surface area contributed by atoms with E-state index < -0.39 is 0 Å². The van der Waals surface area contributed by atoms with E-state index in [1.54, 1.807) is 21.1 Å². The monoisotopic (exact) mass is 365 g/mol. The van der Waals surface area contributed by atoms with Crippen molar-refractivity contribution in [2.75, 3.05) is 20.8 Å². The minimum absolute atomic E-state index is 0.322. The van der Waals surface area contributed by atoms with Crippen molar-refractivity contribution in [3.63, 3.8) is 0 Å². The molecule has 5 heteroatoms. The standard InChI is InChI=1S/C14H19NO3.C5H10O.C2H6/c1-4-18-14(16)9-11(2)15-10-12-5-7-13(17-3)8-6-12;1-4-5(2)6-3;1-2/h5-9,15H,4,10H2,1-3H3;4H,1-3H3;1-2H3/b11-9-;5-4+;. The lowest BCUT2D eigenvalue weighted by molar-refractivity contribution is -0.137. The summed E-state index contributed by atoms with van der Waals surface area (Å²) in [6.07, 6.45) is 3.37. The lowest BCUT2D eigenvalue weighted by Gasteiger charge is -2.07. The van der Waals surface area contributed by atoms with E-state index in [0.717, 1.165) is 22.8 Å². The summed E-state index contributed by atoms with van der Waals surface area (Å²) in [5.74, 6) is 1.48. The highest BCUT2D eigenvalue weighted by Gasteiger charge is 1.98. The zero-order valence-corrected chi connectivity index (χ0v) is 17.5. The van der Waals surface area contributed by atoms with Crippen LogP contribution in [-0.4, -0.2) is 26.8 Å². The summed E-state index contributed by atoms with van der Waals surface area (Å²) in [4.78, 5) is 11.2. The first kappa shape index (κ1) is 25.8. The number of benzene rings is 1. The molecule has 1 aromatic rings. The number of nitrogens with one attached hydrogen (secondary N) is 1. The number of carbonyl (C=O) groups excluding carboxylic acids is 1. The Morgan fingerprint density at radius 2 is 1.69 bits per heavy atom. The highest BCUT2D eigenvalue weighted by Crippen LogP contribution is 2.11. The van der Waals surface area contributed by atoms with Gasteiger partial charge >= 0.3 is 5.97 Å².